The number of nitrogens with one attached hydrogen (secondary N) is 1. The minimum Gasteiger partial charge on any atom is -0.389 e. The molecule has 0 radical (unpaired) electrons. The molecule has 0 aromatic heterocycles. The van der Waals surface area contributed by atoms with Crippen LogP contribution in [0.15, 0.2) is 0 Å². The van der Waals surface area contributed by atoms with Crippen LogP contribution in [0.25, 0.3) is 0 Å². The number of β-amino-alcohol motifs (C(OH)–C–C–N with tert-alkyl or cyclic N) is 1. The van der Waals surface area contributed by atoms with Crippen LogP contribution < -0.4 is 5.32 Å². The molecule has 2 unspecified atom stereocenters. The highest BCUT2D eigenvalue weighted by Gasteiger charge is 2.24. The van der Waals surface area contributed by atoms with Crippen molar-refractivity contribution in [3.05, 3.63) is 0 Å². The van der Waals surface area contributed by atoms with Gasteiger partial charge in [0.25, 0.3) is 0 Å². The van der Waals surface area contributed by atoms with Crippen molar-refractivity contribution in [2.24, 2.45) is 0 Å². The molecule has 4 heteroatoms. The summed E-state index contributed by atoms with van der Waals surface area (Å²) in [6.07, 6.45) is 1.86. The molecule has 14 heavy (non-hydrogen) atoms. The fourth-order valence-electron chi connectivity index (χ4n) is 1.42. The van der Waals surface area contributed by atoms with Crippen molar-refractivity contribution < 1.29 is 14.6 Å². The fourth-order valence-corrected chi connectivity index (χ4v) is 1.42. The molecule has 0 aromatic carbocycles. The van der Waals surface area contributed by atoms with Gasteiger partial charge in [0.05, 0.1) is 25.4 Å². The molecule has 1 rings (SSSR count). The molecule has 1 fully saturated rings. The Labute approximate surface area is 85.6 Å². The summed E-state index contributed by atoms with van der Waals surface area (Å²) in [6.45, 7) is 5.54. The smallest absolute Gasteiger partial charge is 0.0971 e. The number of unbranched alkanes of at least 4 members (excludes halogenated alkanes) is 1. The maximum Gasteiger partial charge on any atom is 0.0971 e. The van der Waals surface area contributed by atoms with Crippen molar-refractivity contribution in [2.45, 2.75) is 32.0 Å². The minimum absolute atomic E-state index is 0.0511. The van der Waals surface area contributed by atoms with Gasteiger partial charge in [-0.3, -0.25) is 0 Å². The lowest BCUT2D eigenvalue weighted by molar-refractivity contribution is -0.0329. The zero-order valence-electron chi connectivity index (χ0n) is 8.87. The molecule has 0 amide bonds. The Morgan fingerprint density at radius 1 is 1.29 bits per heavy atom. The van der Waals surface area contributed by atoms with E-state index in [-0.39, 0.29) is 12.2 Å². The minimum atomic E-state index is -0.356. The molecular weight excluding hydrogens is 182 g/mol. The van der Waals surface area contributed by atoms with Gasteiger partial charge in [0, 0.05) is 19.7 Å². The van der Waals surface area contributed by atoms with Crippen LogP contribution in [0.4, 0.5) is 0 Å². The predicted molar refractivity (Wildman–Crippen MR) is 54.3 cm³/mol. The number of ether oxygens (including phenoxy) is 2. The van der Waals surface area contributed by atoms with Gasteiger partial charge < -0.3 is 19.9 Å². The topological polar surface area (TPSA) is 50.7 Å². The summed E-state index contributed by atoms with van der Waals surface area (Å²) in [6, 6.07) is 0. The summed E-state index contributed by atoms with van der Waals surface area (Å²) in [5.74, 6) is 0. The fraction of sp³-hybridized carbons (Fsp3) is 1.00. The molecule has 0 spiro atoms. The third-order valence-electron chi connectivity index (χ3n) is 2.33. The van der Waals surface area contributed by atoms with Crippen molar-refractivity contribution in [3.63, 3.8) is 0 Å². The summed E-state index contributed by atoms with van der Waals surface area (Å²) < 4.78 is 10.8. The van der Waals surface area contributed by atoms with Crippen LogP contribution in [0.3, 0.4) is 0 Å². The molecule has 4 nitrogen and oxygen atoms in total. The van der Waals surface area contributed by atoms with Crippen LogP contribution in [0.5, 0.6) is 0 Å². The van der Waals surface area contributed by atoms with Crippen LogP contribution in [0.2, 0.25) is 0 Å². The Hall–Kier alpha value is -0.160. The molecule has 0 aromatic rings. The zero-order chi connectivity index (χ0) is 10.2. The van der Waals surface area contributed by atoms with E-state index in [9.17, 15) is 5.11 Å². The second-order valence-electron chi connectivity index (χ2n) is 3.60. The summed E-state index contributed by atoms with van der Waals surface area (Å²) in [5.41, 5.74) is 0. The summed E-state index contributed by atoms with van der Waals surface area (Å²) >= 11 is 0. The van der Waals surface area contributed by atoms with Crippen molar-refractivity contribution in [1.82, 2.24) is 5.32 Å². The highest BCUT2D eigenvalue weighted by atomic mass is 16.5. The van der Waals surface area contributed by atoms with E-state index in [2.05, 4.69) is 12.2 Å². The van der Waals surface area contributed by atoms with Crippen molar-refractivity contribution in [2.75, 3.05) is 32.9 Å². The Morgan fingerprint density at radius 3 is 2.79 bits per heavy atom. The average Bonchev–Trinajstić information content (AvgIpc) is 2.58. The lowest BCUT2D eigenvalue weighted by atomic mass is 10.3. The van der Waals surface area contributed by atoms with Gasteiger partial charge in [-0.2, -0.15) is 0 Å². The van der Waals surface area contributed by atoms with E-state index < -0.39 is 0 Å². The Kier molecular flexibility index (Phi) is 6.10. The quantitative estimate of drug-likeness (QED) is 0.578. The van der Waals surface area contributed by atoms with Crippen LogP contribution in [0, 0.1) is 0 Å². The Bertz CT molecular complexity index is 143. The summed E-state index contributed by atoms with van der Waals surface area (Å²) in [4.78, 5) is 0. The number of aliphatic hydroxyl groups is 1. The molecule has 1 heterocycles. The van der Waals surface area contributed by atoms with Crippen molar-refractivity contribution >= 4 is 0 Å². The average molecular weight is 203 g/mol. The molecule has 0 aliphatic carbocycles. The van der Waals surface area contributed by atoms with Crippen LogP contribution in [-0.2, 0) is 9.47 Å². The van der Waals surface area contributed by atoms with Crippen molar-refractivity contribution in [3.8, 4) is 0 Å². The second kappa shape index (κ2) is 7.17. The largest absolute Gasteiger partial charge is 0.389 e. The number of rotatable bonds is 7. The predicted octanol–water partition coefficient (Wildman–Crippen LogP) is 0.152. The lowest BCUT2D eigenvalue weighted by Crippen LogP contribution is -2.28. The molecule has 1 aliphatic rings. The Balaban J connectivity index is 1.88. The molecule has 1 saturated heterocycles. The first-order valence-corrected chi connectivity index (χ1v) is 5.42. The molecule has 84 valence electrons. The van der Waals surface area contributed by atoms with Crippen LogP contribution in [-0.4, -0.2) is 50.2 Å². The van der Waals surface area contributed by atoms with Gasteiger partial charge in [0.2, 0.25) is 0 Å². The zero-order valence-corrected chi connectivity index (χ0v) is 8.87. The maximum absolute atomic E-state index is 9.40. The van der Waals surface area contributed by atoms with Crippen LogP contribution >= 0.6 is 0 Å². The molecule has 0 bridgehead atoms. The van der Waals surface area contributed by atoms with Gasteiger partial charge in [0.15, 0.2) is 0 Å². The van der Waals surface area contributed by atoms with E-state index in [1.165, 1.54) is 0 Å². The summed E-state index contributed by atoms with van der Waals surface area (Å²) in [7, 11) is 0. The first-order valence-electron chi connectivity index (χ1n) is 5.42. The second-order valence-corrected chi connectivity index (χ2v) is 3.60. The number of hydrogen-bond acceptors (Lipinski definition) is 4. The van der Waals surface area contributed by atoms with Crippen LogP contribution in [0.1, 0.15) is 19.8 Å². The third-order valence-corrected chi connectivity index (χ3v) is 2.33. The van der Waals surface area contributed by atoms with Gasteiger partial charge >= 0.3 is 0 Å². The standard InChI is InChI=1S/C10H21NO3/c1-2-3-4-13-5-6-14-10-8-11-7-9(10)12/h9-12H,2-8H2,1H3. The number of aliphatic hydroxyl groups excluding tert-OH is 1. The first kappa shape index (κ1) is 11.9. The van der Waals surface area contributed by atoms with Crippen molar-refractivity contribution in [1.29, 1.82) is 0 Å². The van der Waals surface area contributed by atoms with Gasteiger partial charge in [-0.15, -0.1) is 0 Å². The van der Waals surface area contributed by atoms with E-state index in [1.807, 2.05) is 0 Å². The van der Waals surface area contributed by atoms with E-state index in [1.54, 1.807) is 0 Å². The molecule has 2 N–H and O–H groups in total. The SMILES string of the molecule is CCCCOCCOC1CNCC1O. The number of hydrogen-bond donors (Lipinski definition) is 2. The highest BCUT2D eigenvalue weighted by molar-refractivity contribution is 4.80. The lowest BCUT2D eigenvalue weighted by Gasteiger charge is -2.14. The monoisotopic (exact) mass is 203 g/mol. The van der Waals surface area contributed by atoms with E-state index >= 15 is 0 Å². The van der Waals surface area contributed by atoms with Gasteiger partial charge in [0.1, 0.15) is 0 Å². The molecule has 2 atom stereocenters. The molecular formula is C10H21NO3. The van der Waals surface area contributed by atoms with E-state index in [0.29, 0.717) is 19.8 Å². The maximum atomic E-state index is 9.40. The van der Waals surface area contributed by atoms with Gasteiger partial charge in [-0.05, 0) is 6.42 Å². The van der Waals surface area contributed by atoms with E-state index in [4.69, 9.17) is 9.47 Å². The van der Waals surface area contributed by atoms with E-state index in [0.717, 1.165) is 26.0 Å². The highest BCUT2D eigenvalue weighted by Crippen LogP contribution is 2.03. The molecule has 1 aliphatic heterocycles. The third kappa shape index (κ3) is 4.37. The van der Waals surface area contributed by atoms with Gasteiger partial charge in [-0.1, -0.05) is 13.3 Å². The summed E-state index contributed by atoms with van der Waals surface area (Å²) in [5, 5.41) is 12.5. The Morgan fingerprint density at radius 2 is 2.14 bits per heavy atom. The molecule has 0 saturated carbocycles. The van der Waals surface area contributed by atoms with Gasteiger partial charge in [-0.25, -0.2) is 0 Å². The first-order chi connectivity index (χ1) is 6.84. The normalized spacial score (nSPS) is 27.0.